The summed E-state index contributed by atoms with van der Waals surface area (Å²) < 4.78 is 61.6. The molecular weight excluding hydrogens is 539 g/mol. The maximum atomic E-state index is 13.0. The van der Waals surface area contributed by atoms with E-state index in [1.807, 2.05) is 19.9 Å². The molecule has 4 rings (SSSR count). The molecule has 39 heavy (non-hydrogen) atoms. The van der Waals surface area contributed by atoms with E-state index in [9.17, 15) is 27.7 Å². The van der Waals surface area contributed by atoms with Gasteiger partial charge in [0, 0.05) is 0 Å². The summed E-state index contributed by atoms with van der Waals surface area (Å²) in [5, 5.41) is 9.68. The zero-order chi connectivity index (χ0) is 27.5. The molecule has 196 valence electrons. The van der Waals surface area contributed by atoms with Gasteiger partial charge >= 0.3 is 43.6 Å². The van der Waals surface area contributed by atoms with Gasteiger partial charge in [-0.1, -0.05) is 42.5 Å². The molecule has 0 fully saturated rings. The Bertz CT molecular complexity index is 1480. The van der Waals surface area contributed by atoms with E-state index in [1.54, 1.807) is 42.5 Å². The van der Waals surface area contributed by atoms with Gasteiger partial charge in [0.1, 0.15) is 17.2 Å². The summed E-state index contributed by atoms with van der Waals surface area (Å²) in [4.78, 5) is 12.5. The minimum Gasteiger partial charge on any atom is -0.736 e. The van der Waals surface area contributed by atoms with Crippen molar-refractivity contribution >= 4 is 19.5 Å². The van der Waals surface area contributed by atoms with Crippen molar-refractivity contribution in [3.8, 4) is 17.2 Å². The van der Waals surface area contributed by atoms with Gasteiger partial charge in [-0.15, -0.1) is 0 Å². The van der Waals surface area contributed by atoms with Crippen LogP contribution in [0, 0.1) is 13.8 Å². The Hall–Kier alpha value is -3.00. The van der Waals surface area contributed by atoms with Crippen molar-refractivity contribution < 1.29 is 66.3 Å². The maximum Gasteiger partial charge on any atom is 1.00 e. The van der Waals surface area contributed by atoms with E-state index in [2.05, 4.69) is 0 Å². The number of phosphoric ester groups is 1. The van der Waals surface area contributed by atoms with Crippen LogP contribution >= 0.6 is 7.82 Å². The monoisotopic (exact) mass is 562 g/mol. The first kappa shape index (κ1) is 30.5. The number of aromatic hydroxyl groups is 1. The van der Waals surface area contributed by atoms with Crippen LogP contribution in [0.5, 0.6) is 17.2 Å². The van der Waals surface area contributed by atoms with Gasteiger partial charge < -0.3 is 19.0 Å². The molecule has 1 atom stereocenters. The third-order valence-corrected chi connectivity index (χ3v) is 6.39. The SMILES string of the molecule is Cc1cc(C)cc(OP(=O)([O-])Oc2ccc(C(=Cc3ccc(C(F)(F)F)cc3)c3ccc(O)cc3)cc2)c1.[Na+]. The average molecular weight is 562 g/mol. The van der Waals surface area contributed by atoms with Gasteiger partial charge in [-0.3, -0.25) is 0 Å². The Balaban J connectivity index is 0.00000420. The summed E-state index contributed by atoms with van der Waals surface area (Å²) in [7, 11) is -4.74. The second-order valence-corrected chi connectivity index (χ2v) is 9.96. The molecule has 0 aliphatic carbocycles. The number of rotatable bonds is 7. The van der Waals surface area contributed by atoms with Gasteiger partial charge in [-0.05, 0) is 102 Å². The molecule has 0 radical (unpaired) electrons. The fourth-order valence-corrected chi connectivity index (χ4v) is 4.65. The summed E-state index contributed by atoms with van der Waals surface area (Å²) >= 11 is 0. The molecule has 0 aliphatic heterocycles. The van der Waals surface area contributed by atoms with Crippen molar-refractivity contribution in [2.45, 2.75) is 20.0 Å². The molecule has 0 spiro atoms. The number of alkyl halides is 3. The van der Waals surface area contributed by atoms with E-state index in [-0.39, 0.29) is 46.8 Å². The number of phosphoric acid groups is 1. The molecule has 5 nitrogen and oxygen atoms in total. The molecule has 1 N–H and O–H groups in total. The third-order valence-electron chi connectivity index (χ3n) is 5.52. The summed E-state index contributed by atoms with van der Waals surface area (Å²) in [5.41, 5.74) is 3.40. The van der Waals surface area contributed by atoms with Crippen LogP contribution in [-0.4, -0.2) is 5.11 Å². The molecule has 4 aromatic rings. The van der Waals surface area contributed by atoms with E-state index in [4.69, 9.17) is 9.05 Å². The number of halogens is 3. The molecule has 10 heteroatoms. The Morgan fingerprint density at radius 3 is 1.79 bits per heavy atom. The summed E-state index contributed by atoms with van der Waals surface area (Å²) in [5.74, 6) is 0.226. The number of benzene rings is 4. The molecule has 0 saturated heterocycles. The van der Waals surface area contributed by atoms with E-state index < -0.39 is 19.6 Å². The van der Waals surface area contributed by atoms with E-state index in [0.717, 1.165) is 23.3 Å². The van der Waals surface area contributed by atoms with Crippen LogP contribution in [0.1, 0.15) is 33.4 Å². The second kappa shape index (κ2) is 12.5. The van der Waals surface area contributed by atoms with Crippen molar-refractivity contribution in [1.29, 1.82) is 0 Å². The van der Waals surface area contributed by atoms with Crippen LogP contribution in [0.4, 0.5) is 13.2 Å². The number of hydrogen-bond donors (Lipinski definition) is 1. The van der Waals surface area contributed by atoms with Crippen LogP contribution in [0.3, 0.4) is 0 Å². The Kier molecular flexibility index (Phi) is 9.75. The van der Waals surface area contributed by atoms with Crippen LogP contribution < -0.4 is 43.5 Å². The number of aryl methyl sites for hydroxylation is 2. The number of phenolic OH excluding ortho intramolecular Hbond substituents is 1. The fraction of sp³-hybridized carbons (Fsp3) is 0.103. The Morgan fingerprint density at radius 1 is 0.795 bits per heavy atom. The zero-order valence-electron chi connectivity index (χ0n) is 21.4. The predicted octanol–water partition coefficient (Wildman–Crippen LogP) is 4.55. The largest absolute Gasteiger partial charge is 1.00 e. The third kappa shape index (κ3) is 8.49. The van der Waals surface area contributed by atoms with Crippen molar-refractivity contribution in [1.82, 2.24) is 0 Å². The van der Waals surface area contributed by atoms with Crippen LogP contribution in [0.2, 0.25) is 0 Å². The maximum absolute atomic E-state index is 13.0. The van der Waals surface area contributed by atoms with Crippen molar-refractivity contribution in [3.63, 3.8) is 0 Å². The molecular formula is C29H23F3NaO5P. The van der Waals surface area contributed by atoms with Crippen molar-refractivity contribution in [2.24, 2.45) is 0 Å². The first-order valence-corrected chi connectivity index (χ1v) is 12.9. The van der Waals surface area contributed by atoms with E-state index in [1.165, 1.54) is 36.4 Å². The predicted molar refractivity (Wildman–Crippen MR) is 138 cm³/mol. The molecule has 0 aromatic heterocycles. The summed E-state index contributed by atoms with van der Waals surface area (Å²) in [6, 6.07) is 22.2. The normalized spacial score (nSPS) is 13.2. The summed E-state index contributed by atoms with van der Waals surface area (Å²) in [6.07, 6.45) is -2.75. The van der Waals surface area contributed by atoms with Gasteiger partial charge in [0.2, 0.25) is 0 Å². The van der Waals surface area contributed by atoms with Crippen molar-refractivity contribution in [3.05, 3.63) is 124 Å². The molecule has 0 amide bonds. The first-order valence-electron chi connectivity index (χ1n) is 11.5. The van der Waals surface area contributed by atoms with Crippen LogP contribution in [0.15, 0.2) is 91.0 Å². The van der Waals surface area contributed by atoms with Gasteiger partial charge in [0.05, 0.1) is 5.56 Å². The zero-order valence-corrected chi connectivity index (χ0v) is 24.3. The van der Waals surface area contributed by atoms with E-state index >= 15 is 0 Å². The molecule has 0 aliphatic rings. The molecule has 0 heterocycles. The topological polar surface area (TPSA) is 78.8 Å². The average Bonchev–Trinajstić information content (AvgIpc) is 2.82. The minimum absolute atomic E-state index is 0. The van der Waals surface area contributed by atoms with Crippen LogP contribution in [-0.2, 0) is 10.7 Å². The van der Waals surface area contributed by atoms with Crippen LogP contribution in [0.25, 0.3) is 11.6 Å². The van der Waals surface area contributed by atoms with Crippen molar-refractivity contribution in [2.75, 3.05) is 0 Å². The van der Waals surface area contributed by atoms with Gasteiger partial charge in [-0.2, -0.15) is 13.2 Å². The minimum atomic E-state index is -4.74. The summed E-state index contributed by atoms with van der Waals surface area (Å²) in [6.45, 7) is 3.64. The smallest absolute Gasteiger partial charge is 0.736 e. The number of hydrogen-bond acceptors (Lipinski definition) is 5. The Labute approximate surface area is 246 Å². The Morgan fingerprint density at radius 2 is 1.28 bits per heavy atom. The quantitative estimate of drug-likeness (QED) is 0.203. The number of phenols is 1. The first-order chi connectivity index (χ1) is 17.9. The van der Waals surface area contributed by atoms with Gasteiger partial charge in [0.25, 0.3) is 0 Å². The standard InChI is InChI=1S/C29H24F3O5P.Na/c1-19-15-20(2)17-27(16-19)37-38(34,35)36-26-13-7-23(8-14-26)28(22-5-11-25(33)12-6-22)18-21-3-9-24(10-4-21)29(30,31)32;/h3-18,33H,1-2H3,(H,34,35);/q;+1/p-1. The molecule has 0 saturated carbocycles. The molecule has 0 bridgehead atoms. The molecule has 4 aromatic carbocycles. The molecule has 1 unspecified atom stereocenters. The van der Waals surface area contributed by atoms with E-state index in [0.29, 0.717) is 22.3 Å². The fourth-order valence-electron chi connectivity index (χ4n) is 3.87. The van der Waals surface area contributed by atoms with Gasteiger partial charge in [0.15, 0.2) is 0 Å². The van der Waals surface area contributed by atoms with Gasteiger partial charge in [-0.25, -0.2) is 4.57 Å². The second-order valence-electron chi connectivity index (χ2n) is 8.70.